The molecule has 170 valence electrons. The minimum absolute atomic E-state index is 0.00478. The van der Waals surface area contributed by atoms with Crippen molar-refractivity contribution in [1.29, 1.82) is 0 Å². The lowest BCUT2D eigenvalue weighted by atomic mass is 10.0. The lowest BCUT2D eigenvalue weighted by Crippen LogP contribution is -2.33. The second kappa shape index (κ2) is 9.76. The first kappa shape index (κ1) is 23.2. The minimum Gasteiger partial charge on any atom is -0.494 e. The third-order valence-electron chi connectivity index (χ3n) is 4.57. The Morgan fingerprint density at radius 3 is 2.28 bits per heavy atom. The third-order valence-corrected chi connectivity index (χ3v) is 4.57. The highest BCUT2D eigenvalue weighted by atomic mass is 19.4. The van der Waals surface area contributed by atoms with Gasteiger partial charge in [-0.25, -0.2) is 0 Å². The molecule has 0 unspecified atom stereocenters. The van der Waals surface area contributed by atoms with Crippen LogP contribution < -0.4 is 14.8 Å². The van der Waals surface area contributed by atoms with Crippen molar-refractivity contribution < 1.29 is 32.2 Å². The second-order valence-electron chi connectivity index (χ2n) is 7.09. The molecule has 1 aliphatic rings. The topological polar surface area (TPSA) is 67.9 Å². The van der Waals surface area contributed by atoms with E-state index in [-0.39, 0.29) is 23.5 Å². The molecule has 0 saturated carbocycles. The summed E-state index contributed by atoms with van der Waals surface area (Å²) in [6.45, 7) is 4.59. The molecular weight excluding hydrogens is 425 g/mol. The Labute approximate surface area is 183 Å². The number of benzene rings is 2. The van der Waals surface area contributed by atoms with Crippen molar-refractivity contribution >= 4 is 23.1 Å². The molecule has 0 aromatic heterocycles. The Morgan fingerprint density at radius 2 is 1.66 bits per heavy atom. The summed E-state index contributed by atoms with van der Waals surface area (Å²) in [6, 6.07) is 11.8. The van der Waals surface area contributed by atoms with E-state index in [1.807, 2.05) is 13.8 Å². The number of hydrogen-bond acceptors (Lipinski definition) is 5. The molecular formula is C23H23F3N2O4. The molecule has 0 spiro atoms. The predicted octanol–water partition coefficient (Wildman–Crippen LogP) is 4.98. The predicted molar refractivity (Wildman–Crippen MR) is 113 cm³/mol. The summed E-state index contributed by atoms with van der Waals surface area (Å²) < 4.78 is 47.2. The van der Waals surface area contributed by atoms with E-state index in [4.69, 9.17) is 4.74 Å². The van der Waals surface area contributed by atoms with Crippen LogP contribution in [0, 0.1) is 0 Å². The molecule has 0 fully saturated rings. The van der Waals surface area contributed by atoms with Crippen LogP contribution in [0.1, 0.15) is 32.3 Å². The van der Waals surface area contributed by atoms with Gasteiger partial charge in [0, 0.05) is 18.3 Å². The van der Waals surface area contributed by atoms with Crippen molar-refractivity contribution in [2.75, 3.05) is 18.5 Å². The standard InChI is InChI=1S/C23H23F3N2O4/c1-3-12-28-21(29)19(15-8-10-17(11-9-15)31-13-4-2)20(22(28)30)27-16-6-5-7-18(14-16)32-23(24,25)26/h5-11,14,27H,3-4,12-13H2,1-2H3. The smallest absolute Gasteiger partial charge is 0.494 e. The fourth-order valence-electron chi connectivity index (χ4n) is 3.24. The number of nitrogens with zero attached hydrogens (tertiary/aromatic N) is 1. The van der Waals surface area contributed by atoms with Crippen LogP contribution in [0.25, 0.3) is 5.57 Å². The molecule has 0 bridgehead atoms. The van der Waals surface area contributed by atoms with Gasteiger partial charge in [-0.05, 0) is 42.7 Å². The molecule has 0 aliphatic carbocycles. The quantitative estimate of drug-likeness (QED) is 0.549. The maximum Gasteiger partial charge on any atom is 0.573 e. The van der Waals surface area contributed by atoms with Crippen molar-refractivity contribution in [3.8, 4) is 11.5 Å². The summed E-state index contributed by atoms with van der Waals surface area (Å²) in [5, 5.41) is 2.82. The van der Waals surface area contributed by atoms with E-state index >= 15 is 0 Å². The summed E-state index contributed by atoms with van der Waals surface area (Å²) in [5.41, 5.74) is 0.820. The second-order valence-corrected chi connectivity index (χ2v) is 7.09. The Balaban J connectivity index is 1.96. The molecule has 2 aromatic rings. The molecule has 0 saturated heterocycles. The molecule has 32 heavy (non-hydrogen) atoms. The summed E-state index contributed by atoms with van der Waals surface area (Å²) in [5.74, 6) is -0.821. The van der Waals surface area contributed by atoms with Gasteiger partial charge in [-0.15, -0.1) is 13.2 Å². The van der Waals surface area contributed by atoms with Crippen molar-refractivity contribution in [2.24, 2.45) is 0 Å². The molecule has 0 atom stereocenters. The molecule has 1 heterocycles. The average molecular weight is 448 g/mol. The van der Waals surface area contributed by atoms with Gasteiger partial charge >= 0.3 is 6.36 Å². The number of imide groups is 1. The van der Waals surface area contributed by atoms with Crippen LogP contribution in [-0.2, 0) is 9.59 Å². The third kappa shape index (κ3) is 5.40. The maximum absolute atomic E-state index is 13.0. The number of rotatable bonds is 9. The highest BCUT2D eigenvalue weighted by molar-refractivity contribution is 6.36. The first-order valence-corrected chi connectivity index (χ1v) is 10.2. The van der Waals surface area contributed by atoms with Crippen molar-refractivity contribution in [3.05, 3.63) is 59.8 Å². The summed E-state index contributed by atoms with van der Waals surface area (Å²) in [7, 11) is 0. The van der Waals surface area contributed by atoms with Crippen LogP contribution in [0.15, 0.2) is 54.2 Å². The normalized spacial score (nSPS) is 14.2. The van der Waals surface area contributed by atoms with E-state index in [2.05, 4.69) is 10.1 Å². The number of halogens is 3. The fourth-order valence-corrected chi connectivity index (χ4v) is 3.24. The van der Waals surface area contributed by atoms with E-state index in [9.17, 15) is 22.8 Å². The Morgan fingerprint density at radius 1 is 0.938 bits per heavy atom. The number of carbonyl (C=O) groups excluding carboxylic acids is 2. The van der Waals surface area contributed by atoms with Crippen molar-refractivity contribution in [2.45, 2.75) is 33.1 Å². The Hall–Kier alpha value is -3.49. The van der Waals surface area contributed by atoms with Gasteiger partial charge in [-0.3, -0.25) is 14.5 Å². The molecule has 1 N–H and O–H groups in total. The first-order valence-electron chi connectivity index (χ1n) is 10.2. The van der Waals surface area contributed by atoms with Gasteiger partial charge in [0.1, 0.15) is 17.2 Å². The monoisotopic (exact) mass is 448 g/mol. The Kier molecular flexibility index (Phi) is 7.07. The summed E-state index contributed by atoms with van der Waals surface area (Å²) >= 11 is 0. The zero-order valence-corrected chi connectivity index (χ0v) is 17.7. The van der Waals surface area contributed by atoms with E-state index in [1.54, 1.807) is 24.3 Å². The first-order chi connectivity index (χ1) is 15.2. The van der Waals surface area contributed by atoms with Gasteiger partial charge in [0.15, 0.2) is 0 Å². The van der Waals surface area contributed by atoms with Crippen LogP contribution in [0.5, 0.6) is 11.5 Å². The van der Waals surface area contributed by atoms with Gasteiger partial charge in [0.25, 0.3) is 11.8 Å². The number of nitrogens with one attached hydrogen (secondary N) is 1. The largest absolute Gasteiger partial charge is 0.573 e. The molecule has 9 heteroatoms. The average Bonchev–Trinajstić information content (AvgIpc) is 2.96. The Bertz CT molecular complexity index is 1020. The zero-order chi connectivity index (χ0) is 23.3. The number of amides is 2. The van der Waals surface area contributed by atoms with Gasteiger partial charge in [0.2, 0.25) is 0 Å². The van der Waals surface area contributed by atoms with Gasteiger partial charge in [-0.1, -0.05) is 32.0 Å². The number of carbonyl (C=O) groups is 2. The van der Waals surface area contributed by atoms with E-state index in [0.717, 1.165) is 23.5 Å². The summed E-state index contributed by atoms with van der Waals surface area (Å²) in [6.07, 6.45) is -3.44. The summed E-state index contributed by atoms with van der Waals surface area (Å²) in [4.78, 5) is 27.1. The highest BCUT2D eigenvalue weighted by Crippen LogP contribution is 2.33. The van der Waals surface area contributed by atoms with E-state index in [1.165, 1.54) is 12.1 Å². The highest BCUT2D eigenvalue weighted by Gasteiger charge is 2.39. The van der Waals surface area contributed by atoms with Crippen LogP contribution in [0.3, 0.4) is 0 Å². The SMILES string of the molecule is CCCOc1ccc(C2=C(Nc3cccc(OC(F)(F)F)c3)C(=O)N(CCC)C2=O)cc1. The lowest BCUT2D eigenvalue weighted by Gasteiger charge is -2.14. The molecule has 6 nitrogen and oxygen atoms in total. The van der Waals surface area contributed by atoms with E-state index < -0.39 is 23.9 Å². The van der Waals surface area contributed by atoms with Gasteiger partial charge < -0.3 is 14.8 Å². The number of ether oxygens (including phenoxy) is 2. The minimum atomic E-state index is -4.85. The van der Waals surface area contributed by atoms with Gasteiger partial charge in [0.05, 0.1) is 12.2 Å². The lowest BCUT2D eigenvalue weighted by molar-refractivity contribution is -0.274. The molecule has 2 amide bonds. The molecule has 0 radical (unpaired) electrons. The molecule has 3 rings (SSSR count). The zero-order valence-electron chi connectivity index (χ0n) is 17.7. The fraction of sp³-hybridized carbons (Fsp3) is 0.304. The number of alkyl halides is 3. The number of anilines is 1. The van der Waals surface area contributed by atoms with Crippen LogP contribution >= 0.6 is 0 Å². The van der Waals surface area contributed by atoms with Crippen molar-refractivity contribution in [1.82, 2.24) is 4.90 Å². The number of hydrogen-bond donors (Lipinski definition) is 1. The van der Waals surface area contributed by atoms with Crippen LogP contribution in [0.4, 0.5) is 18.9 Å². The van der Waals surface area contributed by atoms with Crippen LogP contribution in [0.2, 0.25) is 0 Å². The maximum atomic E-state index is 13.0. The molecule has 1 aliphatic heterocycles. The molecule has 2 aromatic carbocycles. The van der Waals surface area contributed by atoms with E-state index in [0.29, 0.717) is 24.3 Å². The van der Waals surface area contributed by atoms with Crippen molar-refractivity contribution in [3.63, 3.8) is 0 Å². The van der Waals surface area contributed by atoms with Crippen LogP contribution in [-0.4, -0.2) is 36.2 Å². The van der Waals surface area contributed by atoms with Gasteiger partial charge in [-0.2, -0.15) is 0 Å².